The van der Waals surface area contributed by atoms with Gasteiger partial charge >= 0.3 is 6.03 Å². The summed E-state index contributed by atoms with van der Waals surface area (Å²) >= 11 is 0. The maximum absolute atomic E-state index is 12.0. The molecule has 0 aromatic rings. The highest BCUT2D eigenvalue weighted by molar-refractivity contribution is 5.90. The van der Waals surface area contributed by atoms with Crippen LogP contribution in [0.5, 0.6) is 0 Å². The molecule has 0 aromatic carbocycles. The molecular formula is C13H24N2O2. The standard InChI is InChI=1S/C13H24N2O2/c1-9(2)11(12(16)10(3)4)14-13(17)15-7-5-6-8-15/h9-11H,5-8H2,1-4H3,(H,14,17). The summed E-state index contributed by atoms with van der Waals surface area (Å²) in [6, 6.07) is -0.446. The minimum atomic E-state index is -0.358. The summed E-state index contributed by atoms with van der Waals surface area (Å²) in [4.78, 5) is 25.7. The lowest BCUT2D eigenvalue weighted by atomic mass is 9.93. The van der Waals surface area contributed by atoms with E-state index < -0.39 is 0 Å². The van der Waals surface area contributed by atoms with Crippen LogP contribution in [-0.2, 0) is 4.79 Å². The summed E-state index contributed by atoms with van der Waals surface area (Å²) in [5.74, 6) is 0.213. The van der Waals surface area contributed by atoms with Gasteiger partial charge in [-0.05, 0) is 18.8 Å². The fraction of sp³-hybridized carbons (Fsp3) is 0.846. The van der Waals surface area contributed by atoms with Crippen LogP contribution in [0.15, 0.2) is 0 Å². The summed E-state index contributed by atoms with van der Waals surface area (Å²) in [5.41, 5.74) is 0. The van der Waals surface area contributed by atoms with Crippen LogP contribution in [0.3, 0.4) is 0 Å². The maximum Gasteiger partial charge on any atom is 0.317 e. The van der Waals surface area contributed by atoms with Gasteiger partial charge in [-0.1, -0.05) is 27.7 Å². The smallest absolute Gasteiger partial charge is 0.317 e. The van der Waals surface area contributed by atoms with Crippen molar-refractivity contribution in [2.45, 2.75) is 46.6 Å². The molecule has 1 heterocycles. The Morgan fingerprint density at radius 2 is 1.59 bits per heavy atom. The first-order valence-electron chi connectivity index (χ1n) is 6.52. The summed E-state index contributed by atoms with van der Waals surface area (Å²) < 4.78 is 0. The molecule has 0 bridgehead atoms. The van der Waals surface area contributed by atoms with Crippen LogP contribution in [0.25, 0.3) is 0 Å². The zero-order valence-corrected chi connectivity index (χ0v) is 11.3. The number of hydrogen-bond acceptors (Lipinski definition) is 2. The number of ketones is 1. The average molecular weight is 240 g/mol. The minimum absolute atomic E-state index is 0.0405. The third-order valence-corrected chi connectivity index (χ3v) is 3.21. The molecule has 98 valence electrons. The van der Waals surface area contributed by atoms with Crippen LogP contribution in [0.1, 0.15) is 40.5 Å². The number of likely N-dealkylation sites (tertiary alicyclic amines) is 1. The lowest BCUT2D eigenvalue weighted by Gasteiger charge is -2.26. The molecule has 1 atom stereocenters. The van der Waals surface area contributed by atoms with Gasteiger partial charge in [-0.3, -0.25) is 4.79 Å². The number of carbonyl (C=O) groups excluding carboxylic acids is 2. The Morgan fingerprint density at radius 3 is 2.00 bits per heavy atom. The number of Topliss-reactive ketones (excluding diaryl/α,β-unsaturated/α-hetero) is 1. The van der Waals surface area contributed by atoms with E-state index in [0.29, 0.717) is 0 Å². The fourth-order valence-electron chi connectivity index (χ4n) is 2.07. The highest BCUT2D eigenvalue weighted by atomic mass is 16.2. The Morgan fingerprint density at radius 1 is 1.06 bits per heavy atom. The van der Waals surface area contributed by atoms with E-state index in [-0.39, 0.29) is 29.7 Å². The van der Waals surface area contributed by atoms with Crippen molar-refractivity contribution in [2.75, 3.05) is 13.1 Å². The van der Waals surface area contributed by atoms with E-state index in [1.54, 1.807) is 4.90 Å². The summed E-state index contributed by atoms with van der Waals surface area (Å²) in [5, 5.41) is 2.88. The van der Waals surface area contributed by atoms with Crippen molar-refractivity contribution in [3.63, 3.8) is 0 Å². The number of nitrogens with zero attached hydrogens (tertiary/aromatic N) is 1. The zero-order valence-electron chi connectivity index (χ0n) is 11.3. The summed E-state index contributed by atoms with van der Waals surface area (Å²) in [6.07, 6.45) is 2.13. The molecule has 17 heavy (non-hydrogen) atoms. The quantitative estimate of drug-likeness (QED) is 0.817. The molecule has 0 saturated carbocycles. The van der Waals surface area contributed by atoms with Gasteiger partial charge in [0.15, 0.2) is 5.78 Å². The second-order valence-corrected chi connectivity index (χ2v) is 5.42. The second-order valence-electron chi connectivity index (χ2n) is 5.42. The Balaban J connectivity index is 2.60. The van der Waals surface area contributed by atoms with Crippen molar-refractivity contribution in [1.82, 2.24) is 10.2 Å². The van der Waals surface area contributed by atoms with Gasteiger partial charge in [-0.2, -0.15) is 0 Å². The normalized spacial score (nSPS) is 17.6. The van der Waals surface area contributed by atoms with E-state index in [1.165, 1.54) is 0 Å². The van der Waals surface area contributed by atoms with E-state index in [9.17, 15) is 9.59 Å². The molecule has 1 aliphatic heterocycles. The Kier molecular flexibility index (Phi) is 4.97. The number of amides is 2. The third kappa shape index (κ3) is 3.72. The van der Waals surface area contributed by atoms with E-state index in [1.807, 2.05) is 27.7 Å². The molecule has 0 aromatic heterocycles. The van der Waals surface area contributed by atoms with Gasteiger partial charge in [0.1, 0.15) is 0 Å². The van der Waals surface area contributed by atoms with E-state index in [4.69, 9.17) is 0 Å². The van der Waals surface area contributed by atoms with Crippen LogP contribution in [0.4, 0.5) is 4.79 Å². The monoisotopic (exact) mass is 240 g/mol. The molecule has 2 amide bonds. The van der Waals surface area contributed by atoms with Gasteiger partial charge in [0.25, 0.3) is 0 Å². The van der Waals surface area contributed by atoms with Crippen molar-refractivity contribution in [2.24, 2.45) is 11.8 Å². The second kappa shape index (κ2) is 6.03. The third-order valence-electron chi connectivity index (χ3n) is 3.21. The highest BCUT2D eigenvalue weighted by Crippen LogP contribution is 2.12. The van der Waals surface area contributed by atoms with E-state index in [2.05, 4.69) is 5.32 Å². The molecule has 0 radical (unpaired) electrons. The Hall–Kier alpha value is -1.06. The SMILES string of the molecule is CC(C)C(=O)C(NC(=O)N1CCCC1)C(C)C. The summed E-state index contributed by atoms with van der Waals surface area (Å²) in [6.45, 7) is 9.31. The van der Waals surface area contributed by atoms with E-state index in [0.717, 1.165) is 25.9 Å². The number of nitrogens with one attached hydrogen (secondary N) is 1. The molecule has 0 aliphatic carbocycles. The molecule has 4 nitrogen and oxygen atoms in total. The van der Waals surface area contributed by atoms with Gasteiger partial charge in [-0.15, -0.1) is 0 Å². The molecule has 1 saturated heterocycles. The van der Waals surface area contributed by atoms with Gasteiger partial charge in [0.05, 0.1) is 6.04 Å². The lowest BCUT2D eigenvalue weighted by Crippen LogP contribution is -2.50. The molecule has 1 N–H and O–H groups in total. The number of urea groups is 1. The van der Waals surface area contributed by atoms with Crippen molar-refractivity contribution >= 4 is 11.8 Å². The molecule has 0 spiro atoms. The summed E-state index contributed by atoms with van der Waals surface area (Å²) in [7, 11) is 0. The zero-order chi connectivity index (χ0) is 13.0. The molecule has 1 unspecified atom stereocenters. The number of rotatable bonds is 4. The lowest BCUT2D eigenvalue weighted by molar-refractivity contribution is -0.124. The minimum Gasteiger partial charge on any atom is -0.328 e. The van der Waals surface area contributed by atoms with Gasteiger partial charge in [0, 0.05) is 19.0 Å². The predicted octanol–water partition coefficient (Wildman–Crippen LogP) is 2.04. The highest BCUT2D eigenvalue weighted by Gasteiger charge is 2.28. The maximum atomic E-state index is 12.0. The molecule has 1 aliphatic rings. The van der Waals surface area contributed by atoms with Crippen LogP contribution in [-0.4, -0.2) is 35.8 Å². The van der Waals surface area contributed by atoms with Crippen molar-refractivity contribution in [1.29, 1.82) is 0 Å². The van der Waals surface area contributed by atoms with Gasteiger partial charge in [-0.25, -0.2) is 4.79 Å². The molecule has 4 heteroatoms. The van der Waals surface area contributed by atoms with Gasteiger partial charge in [0.2, 0.25) is 0 Å². The van der Waals surface area contributed by atoms with Crippen molar-refractivity contribution < 1.29 is 9.59 Å². The first-order valence-corrected chi connectivity index (χ1v) is 6.52. The molecular weight excluding hydrogens is 216 g/mol. The first-order chi connectivity index (χ1) is 7.93. The van der Waals surface area contributed by atoms with Crippen molar-refractivity contribution in [3.8, 4) is 0 Å². The van der Waals surface area contributed by atoms with Crippen LogP contribution < -0.4 is 5.32 Å². The Labute approximate surface area is 104 Å². The van der Waals surface area contributed by atoms with Crippen LogP contribution >= 0.6 is 0 Å². The van der Waals surface area contributed by atoms with Crippen molar-refractivity contribution in [3.05, 3.63) is 0 Å². The Bertz CT molecular complexity index is 281. The molecule has 1 rings (SSSR count). The fourth-order valence-corrected chi connectivity index (χ4v) is 2.07. The number of hydrogen-bond donors (Lipinski definition) is 1. The van der Waals surface area contributed by atoms with Gasteiger partial charge < -0.3 is 10.2 Å². The first kappa shape index (κ1) is 14.0. The van der Waals surface area contributed by atoms with E-state index >= 15 is 0 Å². The predicted molar refractivity (Wildman–Crippen MR) is 67.8 cm³/mol. The molecule has 1 fully saturated rings. The average Bonchev–Trinajstić information content (AvgIpc) is 2.77. The number of carbonyl (C=O) groups is 2. The van der Waals surface area contributed by atoms with Crippen LogP contribution in [0, 0.1) is 11.8 Å². The largest absolute Gasteiger partial charge is 0.328 e. The topological polar surface area (TPSA) is 49.4 Å². The van der Waals surface area contributed by atoms with Crippen LogP contribution in [0.2, 0.25) is 0 Å².